The number of rotatable bonds is 8. The maximum Gasteiger partial charge on any atom is 0.407 e. The number of aliphatic hydroxyl groups excluding tert-OH is 2. The van der Waals surface area contributed by atoms with Gasteiger partial charge < -0.3 is 20.3 Å². The second-order valence-electron chi connectivity index (χ2n) is 7.97. The molecule has 6 nitrogen and oxygen atoms in total. The van der Waals surface area contributed by atoms with Gasteiger partial charge in [-0.25, -0.2) is 4.79 Å². The standard InChI is InChI=1S/C26H23ClN2O4S/c27-22-13-16(9-10-23(22)29-15-34)25(31)24(30)11-12-28-26(32)33-14-21-19-7-3-1-5-17(19)18-6-2-4-8-20(18)21/h1-10,13,21,24-25,30-31H,11-12,14H2,(H,28,32). The number of nitrogens with zero attached hydrogens (tertiary/aromatic N) is 1. The van der Waals surface area contributed by atoms with Crippen molar-refractivity contribution < 1.29 is 19.7 Å². The molecule has 0 heterocycles. The molecule has 0 radical (unpaired) electrons. The smallest absolute Gasteiger partial charge is 0.407 e. The van der Waals surface area contributed by atoms with Crippen LogP contribution in [-0.2, 0) is 4.74 Å². The molecule has 0 fully saturated rings. The van der Waals surface area contributed by atoms with E-state index in [-0.39, 0.29) is 30.5 Å². The zero-order valence-electron chi connectivity index (χ0n) is 18.1. The summed E-state index contributed by atoms with van der Waals surface area (Å²) in [5.74, 6) is -0.0269. The number of amides is 1. The molecule has 1 aliphatic carbocycles. The van der Waals surface area contributed by atoms with E-state index in [9.17, 15) is 15.0 Å². The largest absolute Gasteiger partial charge is 0.449 e. The van der Waals surface area contributed by atoms with Crippen molar-refractivity contribution >= 4 is 40.8 Å². The highest BCUT2D eigenvalue weighted by Crippen LogP contribution is 2.44. The highest BCUT2D eigenvalue weighted by Gasteiger charge is 2.29. The quantitative estimate of drug-likeness (QED) is 0.288. The molecule has 34 heavy (non-hydrogen) atoms. The Hall–Kier alpha value is -3.06. The van der Waals surface area contributed by atoms with Gasteiger partial charge in [-0.15, -0.1) is 0 Å². The molecule has 0 spiro atoms. The van der Waals surface area contributed by atoms with E-state index in [1.165, 1.54) is 6.07 Å². The minimum absolute atomic E-state index is 0.0269. The summed E-state index contributed by atoms with van der Waals surface area (Å²) < 4.78 is 5.48. The molecule has 2 atom stereocenters. The molecule has 8 heteroatoms. The maximum atomic E-state index is 12.3. The van der Waals surface area contributed by atoms with Gasteiger partial charge in [-0.05, 0) is 58.6 Å². The van der Waals surface area contributed by atoms with Crippen LogP contribution in [0.2, 0.25) is 5.02 Å². The number of carbonyl (C=O) groups excluding carboxylic acids is 1. The van der Waals surface area contributed by atoms with Crippen LogP contribution >= 0.6 is 23.8 Å². The highest BCUT2D eigenvalue weighted by molar-refractivity contribution is 7.78. The fraction of sp³-hybridized carbons (Fsp3) is 0.231. The van der Waals surface area contributed by atoms with Crippen LogP contribution in [0.3, 0.4) is 0 Å². The predicted molar refractivity (Wildman–Crippen MR) is 135 cm³/mol. The molecular weight excluding hydrogens is 472 g/mol. The molecule has 0 bridgehead atoms. The van der Waals surface area contributed by atoms with Crippen LogP contribution in [0.25, 0.3) is 11.1 Å². The molecule has 0 saturated carbocycles. The molecule has 1 amide bonds. The number of alkyl carbamates (subject to hydrolysis) is 1. The van der Waals surface area contributed by atoms with Crippen molar-refractivity contribution in [3.63, 3.8) is 0 Å². The highest BCUT2D eigenvalue weighted by atomic mass is 35.5. The monoisotopic (exact) mass is 494 g/mol. The number of ether oxygens (including phenoxy) is 1. The second kappa shape index (κ2) is 10.9. The van der Waals surface area contributed by atoms with Gasteiger partial charge in [0.25, 0.3) is 0 Å². The lowest BCUT2D eigenvalue weighted by Gasteiger charge is -2.19. The Bertz CT molecular complexity index is 1200. The van der Waals surface area contributed by atoms with E-state index >= 15 is 0 Å². The minimum Gasteiger partial charge on any atom is -0.449 e. The summed E-state index contributed by atoms with van der Waals surface area (Å²) in [5, 5.41) is 25.9. The number of nitrogens with one attached hydrogen (secondary N) is 1. The van der Waals surface area contributed by atoms with E-state index in [4.69, 9.17) is 16.3 Å². The first-order valence-electron chi connectivity index (χ1n) is 10.8. The van der Waals surface area contributed by atoms with E-state index in [1.807, 2.05) is 24.3 Å². The Morgan fingerprint density at radius 1 is 1.09 bits per heavy atom. The van der Waals surface area contributed by atoms with E-state index in [1.54, 1.807) is 12.1 Å². The maximum absolute atomic E-state index is 12.3. The summed E-state index contributed by atoms with van der Waals surface area (Å²) in [6.45, 7) is 0.343. The van der Waals surface area contributed by atoms with E-state index in [0.717, 1.165) is 22.3 Å². The summed E-state index contributed by atoms with van der Waals surface area (Å²) in [6.07, 6.45) is -2.73. The van der Waals surface area contributed by atoms with Crippen LogP contribution in [0.15, 0.2) is 71.7 Å². The molecule has 3 N–H and O–H groups in total. The summed E-state index contributed by atoms with van der Waals surface area (Å²) in [6, 6.07) is 20.9. The van der Waals surface area contributed by atoms with E-state index in [2.05, 4.69) is 52.0 Å². The number of carbonyl (C=O) groups is 1. The Morgan fingerprint density at radius 3 is 2.35 bits per heavy atom. The van der Waals surface area contributed by atoms with Crippen LogP contribution in [0, 0.1) is 0 Å². The SMILES string of the molecule is O=C(NCCC(O)C(O)c1ccc(N=C=S)c(Cl)c1)OCC1c2ccccc2-c2ccccc21. The Balaban J connectivity index is 1.28. The van der Waals surface area contributed by atoms with Crippen molar-refractivity contribution in [2.45, 2.75) is 24.5 Å². The molecule has 0 aliphatic heterocycles. The van der Waals surface area contributed by atoms with Crippen molar-refractivity contribution in [1.29, 1.82) is 0 Å². The molecule has 0 aromatic heterocycles. The summed E-state index contributed by atoms with van der Waals surface area (Å²) >= 11 is 10.7. The van der Waals surface area contributed by atoms with Gasteiger partial charge in [0, 0.05) is 12.5 Å². The zero-order valence-corrected chi connectivity index (χ0v) is 19.7. The third kappa shape index (κ3) is 5.20. The number of fused-ring (bicyclic) bond motifs is 3. The number of isothiocyanates is 1. The molecule has 3 aromatic carbocycles. The first-order chi connectivity index (χ1) is 16.5. The molecule has 174 valence electrons. The first-order valence-corrected chi connectivity index (χ1v) is 11.6. The second-order valence-corrected chi connectivity index (χ2v) is 8.56. The predicted octanol–water partition coefficient (Wildman–Crippen LogP) is 5.40. The Morgan fingerprint density at radius 2 is 1.74 bits per heavy atom. The molecular formula is C26H23ClN2O4S. The van der Waals surface area contributed by atoms with Gasteiger partial charge >= 0.3 is 6.09 Å². The molecule has 3 aromatic rings. The number of thiocarbonyl (C=S) groups is 1. The van der Waals surface area contributed by atoms with Gasteiger partial charge in [-0.3, -0.25) is 0 Å². The lowest BCUT2D eigenvalue weighted by molar-refractivity contribution is 0.0137. The van der Waals surface area contributed by atoms with E-state index < -0.39 is 18.3 Å². The van der Waals surface area contributed by atoms with Gasteiger partial charge in [-0.1, -0.05) is 66.2 Å². The van der Waals surface area contributed by atoms with Gasteiger partial charge in [0.15, 0.2) is 0 Å². The first kappa shape index (κ1) is 24.1. The lowest BCUT2D eigenvalue weighted by Crippen LogP contribution is -2.30. The summed E-state index contributed by atoms with van der Waals surface area (Å²) in [7, 11) is 0. The zero-order chi connectivity index (χ0) is 24.1. The van der Waals surface area contributed by atoms with Gasteiger partial charge in [0.1, 0.15) is 12.7 Å². The molecule has 1 aliphatic rings. The van der Waals surface area contributed by atoms with Crippen LogP contribution < -0.4 is 5.32 Å². The van der Waals surface area contributed by atoms with Crippen LogP contribution in [0.4, 0.5) is 10.5 Å². The number of hydrogen-bond acceptors (Lipinski definition) is 6. The van der Waals surface area contributed by atoms with Crippen molar-refractivity contribution in [1.82, 2.24) is 5.32 Å². The number of aliphatic hydroxyl groups is 2. The topological polar surface area (TPSA) is 91.2 Å². The number of aliphatic imine (C=N–C) groups is 1. The number of halogens is 1. The van der Waals surface area contributed by atoms with Gasteiger partial charge in [0.2, 0.25) is 0 Å². The molecule has 4 rings (SSSR count). The van der Waals surface area contributed by atoms with Gasteiger partial charge in [0.05, 0.1) is 22.0 Å². The van der Waals surface area contributed by atoms with Gasteiger partial charge in [-0.2, -0.15) is 4.99 Å². The molecule has 0 saturated heterocycles. The van der Waals surface area contributed by atoms with Crippen molar-refractivity contribution in [3.8, 4) is 11.1 Å². The van der Waals surface area contributed by atoms with Crippen LogP contribution in [-0.4, -0.2) is 40.7 Å². The average Bonchev–Trinajstić information content (AvgIpc) is 3.17. The van der Waals surface area contributed by atoms with Crippen molar-refractivity contribution in [2.24, 2.45) is 4.99 Å². The Kier molecular flexibility index (Phi) is 7.73. The summed E-state index contributed by atoms with van der Waals surface area (Å²) in [5.41, 5.74) is 5.45. The fourth-order valence-corrected chi connectivity index (χ4v) is 4.53. The molecule has 2 unspecified atom stereocenters. The Labute approximate surface area is 207 Å². The normalized spacial score (nSPS) is 13.9. The third-order valence-electron chi connectivity index (χ3n) is 5.90. The summed E-state index contributed by atoms with van der Waals surface area (Å²) in [4.78, 5) is 16.1. The number of hydrogen-bond donors (Lipinski definition) is 3. The fourth-order valence-electron chi connectivity index (χ4n) is 4.20. The average molecular weight is 495 g/mol. The number of benzene rings is 3. The minimum atomic E-state index is -1.17. The third-order valence-corrected chi connectivity index (χ3v) is 6.29. The van der Waals surface area contributed by atoms with Crippen LogP contribution in [0.1, 0.15) is 35.1 Å². The van der Waals surface area contributed by atoms with Crippen molar-refractivity contribution in [3.05, 3.63) is 88.4 Å². The lowest BCUT2D eigenvalue weighted by atomic mass is 9.98. The van der Waals surface area contributed by atoms with Crippen molar-refractivity contribution in [2.75, 3.05) is 13.2 Å². The van der Waals surface area contributed by atoms with E-state index in [0.29, 0.717) is 11.3 Å². The van der Waals surface area contributed by atoms with Crippen LogP contribution in [0.5, 0.6) is 0 Å².